The first-order valence-electron chi connectivity index (χ1n) is 11.5. The number of pyridine rings is 1. The lowest BCUT2D eigenvalue weighted by Crippen LogP contribution is -2.28. The second-order valence-corrected chi connectivity index (χ2v) is 9.40. The van der Waals surface area contributed by atoms with Crippen molar-refractivity contribution in [1.29, 1.82) is 0 Å². The predicted molar refractivity (Wildman–Crippen MR) is 135 cm³/mol. The van der Waals surface area contributed by atoms with Gasteiger partial charge in [0.25, 0.3) is 5.56 Å². The molecule has 184 valence electrons. The average molecular weight is 515 g/mol. The molecule has 0 aliphatic carbocycles. The molecule has 2 N–H and O–H groups in total. The van der Waals surface area contributed by atoms with Crippen LogP contribution < -0.4 is 5.56 Å². The molecule has 10 nitrogen and oxygen atoms in total. The SMILES string of the molecule is O=C(O)c1cc2cc(CC(=O)[C@@H]3CCc4cc(-c5cc(Cl)ccc5-n5cnnn5)cc(=O)n43)ccc2[nH]1. The fraction of sp³-hybridized carbons (Fsp3) is 0.154. The molecule has 1 aliphatic heterocycles. The maximum Gasteiger partial charge on any atom is 0.352 e. The number of rotatable bonds is 6. The van der Waals surface area contributed by atoms with Crippen LogP contribution in [0.4, 0.5) is 0 Å². The Hall–Kier alpha value is -4.57. The van der Waals surface area contributed by atoms with Gasteiger partial charge in [-0.3, -0.25) is 9.59 Å². The molecule has 0 amide bonds. The maximum atomic E-state index is 13.3. The van der Waals surface area contributed by atoms with Crippen molar-refractivity contribution in [2.24, 2.45) is 0 Å². The van der Waals surface area contributed by atoms with Gasteiger partial charge in [0.1, 0.15) is 12.0 Å². The molecule has 6 rings (SSSR count). The van der Waals surface area contributed by atoms with E-state index < -0.39 is 12.0 Å². The first-order chi connectivity index (χ1) is 17.9. The van der Waals surface area contributed by atoms with Gasteiger partial charge in [-0.2, -0.15) is 4.68 Å². The number of carboxylic acids is 1. The van der Waals surface area contributed by atoms with Gasteiger partial charge in [-0.1, -0.05) is 17.7 Å². The van der Waals surface area contributed by atoms with Crippen molar-refractivity contribution in [2.45, 2.75) is 25.3 Å². The molecule has 0 saturated carbocycles. The lowest BCUT2D eigenvalue weighted by atomic mass is 10.0. The molecule has 0 spiro atoms. The van der Waals surface area contributed by atoms with Crippen molar-refractivity contribution >= 4 is 34.3 Å². The number of Topliss-reactive ketones (excluding diaryl/α,β-unsaturated/α-hetero) is 1. The summed E-state index contributed by atoms with van der Waals surface area (Å²) in [6.07, 6.45) is 2.72. The predicted octanol–water partition coefficient (Wildman–Crippen LogP) is 3.62. The summed E-state index contributed by atoms with van der Waals surface area (Å²) in [6.45, 7) is 0. The minimum Gasteiger partial charge on any atom is -0.477 e. The fourth-order valence-corrected chi connectivity index (χ4v) is 5.16. The summed E-state index contributed by atoms with van der Waals surface area (Å²) in [6, 6.07) is 15.0. The third-order valence-corrected chi connectivity index (χ3v) is 6.90. The van der Waals surface area contributed by atoms with Crippen LogP contribution in [0.5, 0.6) is 0 Å². The second kappa shape index (κ2) is 8.82. The Morgan fingerprint density at radius 1 is 1.11 bits per heavy atom. The fourth-order valence-electron chi connectivity index (χ4n) is 4.99. The Labute approximate surface area is 214 Å². The summed E-state index contributed by atoms with van der Waals surface area (Å²) in [5, 5.41) is 21.8. The smallest absolute Gasteiger partial charge is 0.352 e. The van der Waals surface area contributed by atoms with Gasteiger partial charge in [0.2, 0.25) is 0 Å². The Kier molecular flexibility index (Phi) is 5.45. The zero-order chi connectivity index (χ0) is 25.7. The average Bonchev–Trinajstić information content (AvgIpc) is 3.63. The molecular weight excluding hydrogens is 496 g/mol. The number of benzene rings is 2. The quantitative estimate of drug-likeness (QED) is 0.353. The largest absolute Gasteiger partial charge is 0.477 e. The molecule has 1 aliphatic rings. The summed E-state index contributed by atoms with van der Waals surface area (Å²) in [4.78, 5) is 40.6. The number of nitrogens with one attached hydrogen (secondary N) is 1. The number of aryl methyl sites for hydroxylation is 1. The van der Waals surface area contributed by atoms with E-state index in [2.05, 4.69) is 20.5 Å². The lowest BCUT2D eigenvalue weighted by Gasteiger charge is -2.15. The van der Waals surface area contributed by atoms with E-state index in [4.69, 9.17) is 11.6 Å². The number of hydrogen-bond acceptors (Lipinski definition) is 6. The Morgan fingerprint density at radius 2 is 1.97 bits per heavy atom. The van der Waals surface area contributed by atoms with E-state index in [9.17, 15) is 19.5 Å². The zero-order valence-corrected chi connectivity index (χ0v) is 20.0. The van der Waals surface area contributed by atoms with E-state index in [1.54, 1.807) is 47.0 Å². The molecule has 0 bridgehead atoms. The molecule has 0 fully saturated rings. The van der Waals surface area contributed by atoms with Gasteiger partial charge >= 0.3 is 5.97 Å². The number of fused-ring (bicyclic) bond motifs is 2. The molecule has 4 heterocycles. The maximum absolute atomic E-state index is 13.3. The molecule has 5 aromatic rings. The normalized spacial score (nSPS) is 14.7. The highest BCUT2D eigenvalue weighted by molar-refractivity contribution is 6.31. The summed E-state index contributed by atoms with van der Waals surface area (Å²) >= 11 is 6.26. The molecule has 1 atom stereocenters. The number of carbonyl (C=O) groups is 2. The van der Waals surface area contributed by atoms with Crippen LogP contribution in [0.2, 0.25) is 5.02 Å². The highest BCUT2D eigenvalue weighted by Crippen LogP contribution is 2.33. The van der Waals surface area contributed by atoms with Crippen LogP contribution in [0.3, 0.4) is 0 Å². The summed E-state index contributed by atoms with van der Waals surface area (Å²) in [7, 11) is 0. The number of carbonyl (C=O) groups excluding carboxylic acids is 1. The number of hydrogen-bond donors (Lipinski definition) is 2. The molecular formula is C26H19ClN6O4. The summed E-state index contributed by atoms with van der Waals surface area (Å²) in [5.74, 6) is -1.11. The molecule has 0 saturated heterocycles. The third kappa shape index (κ3) is 4.11. The van der Waals surface area contributed by atoms with Crippen LogP contribution in [0.15, 0.2) is 65.7 Å². The van der Waals surface area contributed by atoms with E-state index in [1.807, 2.05) is 6.07 Å². The van der Waals surface area contributed by atoms with Crippen molar-refractivity contribution in [1.82, 2.24) is 29.8 Å². The number of aromatic amines is 1. The molecule has 3 aromatic heterocycles. The number of tetrazole rings is 1. The van der Waals surface area contributed by atoms with Gasteiger partial charge < -0.3 is 14.7 Å². The van der Waals surface area contributed by atoms with E-state index in [0.717, 1.165) is 16.6 Å². The molecule has 0 radical (unpaired) electrons. The van der Waals surface area contributed by atoms with Crippen molar-refractivity contribution in [2.75, 3.05) is 0 Å². The number of carboxylic acid groups (broad SMARTS) is 1. The molecule has 2 aromatic carbocycles. The van der Waals surface area contributed by atoms with Gasteiger partial charge in [-0.15, -0.1) is 5.10 Å². The molecule has 11 heteroatoms. The summed E-state index contributed by atoms with van der Waals surface area (Å²) in [5.41, 5.74) is 4.10. The number of aromatic carboxylic acids is 1. The van der Waals surface area contributed by atoms with Gasteiger partial charge in [0, 0.05) is 39.7 Å². The standard InChI is InChI=1S/C26H19ClN6O4/c27-17-2-5-22(32-13-28-30-31-32)19(12-17)15-9-18-3-6-23(33(18)25(35)11-15)24(34)8-14-1-4-20-16(7-14)10-21(29-20)26(36)37/h1-2,4-5,7,9-13,23,29H,3,6,8H2,(H,36,37)/t23-/m0/s1. The Bertz CT molecular complexity index is 1760. The Morgan fingerprint density at radius 3 is 2.76 bits per heavy atom. The number of halogens is 1. The van der Waals surface area contributed by atoms with Crippen LogP contribution in [0, 0.1) is 0 Å². The highest BCUT2D eigenvalue weighted by Gasteiger charge is 2.30. The first kappa shape index (κ1) is 22.9. The van der Waals surface area contributed by atoms with Gasteiger partial charge in [0.15, 0.2) is 5.78 Å². The van der Waals surface area contributed by atoms with Crippen molar-refractivity contribution < 1.29 is 14.7 Å². The number of nitrogens with zero attached hydrogens (tertiary/aromatic N) is 5. The van der Waals surface area contributed by atoms with E-state index in [1.165, 1.54) is 17.1 Å². The summed E-state index contributed by atoms with van der Waals surface area (Å²) < 4.78 is 3.08. The van der Waals surface area contributed by atoms with Gasteiger partial charge in [-0.25, -0.2) is 4.79 Å². The van der Waals surface area contributed by atoms with Crippen LogP contribution in [-0.2, 0) is 17.6 Å². The van der Waals surface area contributed by atoms with Gasteiger partial charge in [-0.05, 0) is 76.9 Å². The number of ketones is 1. The van der Waals surface area contributed by atoms with Crippen molar-refractivity contribution in [3.8, 4) is 16.8 Å². The van der Waals surface area contributed by atoms with Crippen LogP contribution in [0.1, 0.15) is 34.2 Å². The van der Waals surface area contributed by atoms with E-state index in [0.29, 0.717) is 40.2 Å². The number of H-pyrrole nitrogens is 1. The first-order valence-corrected chi connectivity index (χ1v) is 11.9. The topological polar surface area (TPSA) is 136 Å². The van der Waals surface area contributed by atoms with Crippen molar-refractivity contribution in [3.63, 3.8) is 0 Å². The van der Waals surface area contributed by atoms with E-state index in [-0.39, 0.29) is 23.5 Å². The van der Waals surface area contributed by atoms with Crippen LogP contribution >= 0.6 is 11.6 Å². The monoisotopic (exact) mass is 514 g/mol. The second-order valence-electron chi connectivity index (χ2n) is 8.97. The Balaban J connectivity index is 1.31. The van der Waals surface area contributed by atoms with Crippen LogP contribution in [-0.4, -0.2) is 46.6 Å². The minimum absolute atomic E-state index is 0.0703. The number of aromatic nitrogens is 6. The molecule has 37 heavy (non-hydrogen) atoms. The molecule has 0 unspecified atom stereocenters. The zero-order valence-electron chi connectivity index (χ0n) is 19.3. The van der Waals surface area contributed by atoms with Crippen LogP contribution in [0.25, 0.3) is 27.7 Å². The minimum atomic E-state index is -1.04. The van der Waals surface area contributed by atoms with Crippen molar-refractivity contribution in [3.05, 3.63) is 93.3 Å². The van der Waals surface area contributed by atoms with Gasteiger partial charge in [0.05, 0.1) is 11.7 Å². The highest BCUT2D eigenvalue weighted by atomic mass is 35.5. The third-order valence-electron chi connectivity index (χ3n) is 6.66. The van der Waals surface area contributed by atoms with E-state index >= 15 is 0 Å². The lowest BCUT2D eigenvalue weighted by molar-refractivity contribution is -0.121.